The first-order chi connectivity index (χ1) is 14.2. The van der Waals surface area contributed by atoms with Gasteiger partial charge >= 0.3 is 0 Å². The molecule has 0 saturated carbocycles. The van der Waals surface area contributed by atoms with Gasteiger partial charge in [-0.2, -0.15) is 0 Å². The van der Waals surface area contributed by atoms with Crippen LogP contribution in [0.5, 0.6) is 0 Å². The highest BCUT2D eigenvalue weighted by Gasteiger charge is 2.12. The summed E-state index contributed by atoms with van der Waals surface area (Å²) in [6, 6.07) is 14.7. The number of Topliss-reactive ketones (excluding diaryl/α,β-unsaturated/α-hetero) is 1. The number of rotatable bonds is 8. The van der Waals surface area contributed by atoms with E-state index in [0.29, 0.717) is 29.3 Å². The third-order valence-corrected chi connectivity index (χ3v) is 5.01. The minimum Gasteiger partial charge on any atom is -0.379 e. The van der Waals surface area contributed by atoms with E-state index in [1.165, 1.54) is 25.3 Å². The van der Waals surface area contributed by atoms with Gasteiger partial charge in [-0.25, -0.2) is 12.8 Å². The molecular weight excluding hydrogens is 407 g/mol. The summed E-state index contributed by atoms with van der Waals surface area (Å²) in [6.45, 7) is 1.70. The van der Waals surface area contributed by atoms with E-state index in [1.807, 2.05) is 0 Å². The number of hydrogen-bond acceptors (Lipinski definition) is 7. The second-order valence-electron chi connectivity index (χ2n) is 6.92. The Bertz CT molecular complexity index is 1170. The molecular formula is C21H21FN4O3S. The molecule has 2 N–H and O–H groups in total. The quantitative estimate of drug-likeness (QED) is 0.527. The van der Waals surface area contributed by atoms with Crippen molar-refractivity contribution in [3.05, 3.63) is 77.2 Å². The number of anilines is 3. The number of ketones is 1. The molecule has 1 aromatic heterocycles. The van der Waals surface area contributed by atoms with Gasteiger partial charge in [0.05, 0.1) is 11.4 Å². The molecule has 0 spiro atoms. The Balaban J connectivity index is 1.77. The lowest BCUT2D eigenvalue weighted by Crippen LogP contribution is -2.10. The normalized spacial score (nSPS) is 11.2. The van der Waals surface area contributed by atoms with Crippen LogP contribution in [0.1, 0.15) is 28.5 Å². The number of hydrogen-bond donors (Lipinski definition) is 2. The van der Waals surface area contributed by atoms with Gasteiger partial charge in [-0.3, -0.25) is 4.79 Å². The van der Waals surface area contributed by atoms with Crippen LogP contribution in [0.4, 0.5) is 21.6 Å². The Hall–Kier alpha value is -3.33. The summed E-state index contributed by atoms with van der Waals surface area (Å²) in [6.07, 6.45) is 1.18. The highest BCUT2D eigenvalue weighted by atomic mass is 32.2. The zero-order chi connectivity index (χ0) is 21.7. The number of benzene rings is 2. The summed E-state index contributed by atoms with van der Waals surface area (Å²) in [5.41, 5.74) is 2.74. The van der Waals surface area contributed by atoms with Crippen LogP contribution in [0.3, 0.4) is 0 Å². The average molecular weight is 428 g/mol. The summed E-state index contributed by atoms with van der Waals surface area (Å²) >= 11 is 0. The lowest BCUT2D eigenvalue weighted by atomic mass is 10.2. The smallest absolute Gasteiger partial charge is 0.182 e. The minimum absolute atomic E-state index is 0.0332. The summed E-state index contributed by atoms with van der Waals surface area (Å²) in [5, 5.41) is 14.2. The molecule has 30 heavy (non-hydrogen) atoms. The number of aromatic nitrogens is 2. The van der Waals surface area contributed by atoms with E-state index in [2.05, 4.69) is 20.8 Å². The first-order valence-corrected chi connectivity index (χ1v) is 11.2. The van der Waals surface area contributed by atoms with Gasteiger partial charge < -0.3 is 10.6 Å². The van der Waals surface area contributed by atoms with Gasteiger partial charge in [-0.05, 0) is 35.4 Å². The lowest BCUT2D eigenvalue weighted by Gasteiger charge is -2.12. The minimum atomic E-state index is -3.11. The summed E-state index contributed by atoms with van der Waals surface area (Å²) in [7, 11) is -3.11. The van der Waals surface area contributed by atoms with E-state index in [9.17, 15) is 17.6 Å². The number of carbonyl (C=O) groups is 1. The van der Waals surface area contributed by atoms with Gasteiger partial charge in [0.2, 0.25) is 0 Å². The molecule has 3 rings (SSSR count). The standard InChI is InChI=1S/C21H21FN4O3S/c1-14(27)21-19(23-12-16-4-3-5-17(22)10-16)11-20(25-26-21)24-18-8-6-15(7-9-18)13-30(2,28)29/h3-11H,12-13H2,1-2H3,(H2,23,24,25). The van der Waals surface area contributed by atoms with Gasteiger partial charge in [0, 0.05) is 31.5 Å². The molecule has 0 aliphatic carbocycles. The van der Waals surface area contributed by atoms with Crippen LogP contribution in [0.25, 0.3) is 0 Å². The molecule has 7 nitrogen and oxygen atoms in total. The highest BCUT2D eigenvalue weighted by molar-refractivity contribution is 7.89. The molecule has 0 unspecified atom stereocenters. The topological polar surface area (TPSA) is 101 Å². The molecule has 0 radical (unpaired) electrons. The van der Waals surface area contributed by atoms with E-state index in [4.69, 9.17) is 0 Å². The predicted molar refractivity (Wildman–Crippen MR) is 114 cm³/mol. The van der Waals surface area contributed by atoms with Crippen molar-refractivity contribution in [2.45, 2.75) is 19.2 Å². The maximum Gasteiger partial charge on any atom is 0.182 e. The van der Waals surface area contributed by atoms with Crippen molar-refractivity contribution in [2.24, 2.45) is 0 Å². The highest BCUT2D eigenvalue weighted by Crippen LogP contribution is 2.22. The second kappa shape index (κ2) is 9.00. The Morgan fingerprint density at radius 2 is 1.77 bits per heavy atom. The van der Waals surface area contributed by atoms with Crippen molar-refractivity contribution in [3.8, 4) is 0 Å². The number of nitrogens with zero attached hydrogens (tertiary/aromatic N) is 2. The SMILES string of the molecule is CC(=O)c1nnc(Nc2ccc(CS(C)(=O)=O)cc2)cc1NCc1cccc(F)c1. The zero-order valence-electron chi connectivity index (χ0n) is 16.5. The third-order valence-electron chi connectivity index (χ3n) is 4.15. The number of sulfone groups is 1. The van der Waals surface area contributed by atoms with E-state index < -0.39 is 9.84 Å². The Labute approximate surface area is 174 Å². The fourth-order valence-electron chi connectivity index (χ4n) is 2.83. The van der Waals surface area contributed by atoms with E-state index in [-0.39, 0.29) is 23.0 Å². The number of nitrogens with one attached hydrogen (secondary N) is 2. The molecule has 156 valence electrons. The van der Waals surface area contributed by atoms with Gasteiger partial charge in [0.25, 0.3) is 0 Å². The predicted octanol–water partition coefficient (Wildman–Crippen LogP) is 3.72. The number of halogens is 1. The molecule has 0 aliphatic rings. The molecule has 0 fully saturated rings. The zero-order valence-corrected chi connectivity index (χ0v) is 17.3. The van der Waals surface area contributed by atoms with Crippen LogP contribution in [0, 0.1) is 5.82 Å². The molecule has 2 aromatic carbocycles. The van der Waals surface area contributed by atoms with Gasteiger partial charge in [-0.1, -0.05) is 24.3 Å². The third kappa shape index (κ3) is 6.08. The van der Waals surface area contributed by atoms with Gasteiger partial charge in [0.15, 0.2) is 27.1 Å². The fraction of sp³-hybridized carbons (Fsp3) is 0.190. The molecule has 0 bridgehead atoms. The summed E-state index contributed by atoms with van der Waals surface area (Å²) < 4.78 is 36.2. The monoisotopic (exact) mass is 428 g/mol. The summed E-state index contributed by atoms with van der Waals surface area (Å²) in [5.74, 6) is -0.219. The molecule has 0 atom stereocenters. The van der Waals surface area contributed by atoms with Gasteiger partial charge in [0.1, 0.15) is 5.82 Å². The van der Waals surface area contributed by atoms with Crippen LogP contribution < -0.4 is 10.6 Å². The first kappa shape index (κ1) is 21.4. The van der Waals surface area contributed by atoms with Crippen LogP contribution in [0.2, 0.25) is 0 Å². The molecule has 3 aromatic rings. The maximum absolute atomic E-state index is 13.4. The van der Waals surface area contributed by atoms with Crippen LogP contribution in [-0.2, 0) is 22.1 Å². The molecule has 9 heteroatoms. The molecule has 1 heterocycles. The van der Waals surface area contributed by atoms with E-state index >= 15 is 0 Å². The van der Waals surface area contributed by atoms with Crippen molar-refractivity contribution in [1.82, 2.24) is 10.2 Å². The van der Waals surface area contributed by atoms with Crippen molar-refractivity contribution in [1.29, 1.82) is 0 Å². The molecule has 0 amide bonds. The van der Waals surface area contributed by atoms with Gasteiger partial charge in [-0.15, -0.1) is 10.2 Å². The van der Waals surface area contributed by atoms with E-state index in [0.717, 1.165) is 5.56 Å². The van der Waals surface area contributed by atoms with Crippen molar-refractivity contribution in [3.63, 3.8) is 0 Å². The fourth-order valence-corrected chi connectivity index (χ4v) is 3.62. The van der Waals surface area contributed by atoms with E-state index in [1.54, 1.807) is 42.5 Å². The van der Waals surface area contributed by atoms with Crippen molar-refractivity contribution < 1.29 is 17.6 Å². The van der Waals surface area contributed by atoms with Crippen LogP contribution in [0.15, 0.2) is 54.6 Å². The Morgan fingerprint density at radius 1 is 1.03 bits per heavy atom. The lowest BCUT2D eigenvalue weighted by molar-refractivity contribution is 0.101. The van der Waals surface area contributed by atoms with Crippen molar-refractivity contribution >= 4 is 32.8 Å². The van der Waals surface area contributed by atoms with Crippen molar-refractivity contribution in [2.75, 3.05) is 16.9 Å². The van der Waals surface area contributed by atoms with Crippen LogP contribution in [-0.4, -0.2) is 30.7 Å². The molecule has 0 aliphatic heterocycles. The maximum atomic E-state index is 13.4. The second-order valence-corrected chi connectivity index (χ2v) is 9.06. The Kier molecular flexibility index (Phi) is 6.41. The Morgan fingerprint density at radius 3 is 2.40 bits per heavy atom. The largest absolute Gasteiger partial charge is 0.379 e. The van der Waals surface area contributed by atoms with Crippen LogP contribution >= 0.6 is 0 Å². The molecule has 0 saturated heterocycles. The number of carbonyl (C=O) groups excluding carboxylic acids is 1. The first-order valence-electron chi connectivity index (χ1n) is 9.10. The average Bonchev–Trinajstić information content (AvgIpc) is 2.67. The summed E-state index contributed by atoms with van der Waals surface area (Å²) in [4.78, 5) is 11.9.